The van der Waals surface area contributed by atoms with Gasteiger partial charge < -0.3 is 4.42 Å². The minimum absolute atomic E-state index is 0.0105. The Morgan fingerprint density at radius 2 is 2.20 bits per heavy atom. The molecule has 6 heteroatoms. The van der Waals surface area contributed by atoms with Crippen molar-refractivity contribution in [2.75, 3.05) is 0 Å². The van der Waals surface area contributed by atoms with Crippen LogP contribution in [0.2, 0.25) is 0 Å². The van der Waals surface area contributed by atoms with Crippen LogP contribution in [0.1, 0.15) is 28.3 Å². The van der Waals surface area contributed by atoms with Gasteiger partial charge in [0.2, 0.25) is 5.76 Å². The van der Waals surface area contributed by atoms with E-state index in [9.17, 15) is 18.0 Å². The fraction of sp³-hybridized carbons (Fsp3) is 0.333. The van der Waals surface area contributed by atoms with Crippen molar-refractivity contribution < 1.29 is 22.4 Å². The zero-order chi connectivity index (χ0) is 11.6. The monoisotopic (exact) mass is 217 g/mol. The molecule has 15 heavy (non-hydrogen) atoms. The average molecular weight is 217 g/mol. The van der Waals surface area contributed by atoms with Crippen LogP contribution < -0.4 is 0 Å². The lowest BCUT2D eigenvalue weighted by Crippen LogP contribution is -2.10. The topological polar surface area (TPSA) is 54.0 Å². The number of carbonyl (C=O) groups is 1. The first-order valence-electron chi connectivity index (χ1n) is 3.94. The zero-order valence-electron chi connectivity index (χ0n) is 7.68. The molecule has 0 fully saturated rings. The summed E-state index contributed by atoms with van der Waals surface area (Å²) >= 11 is 0. The van der Waals surface area contributed by atoms with Gasteiger partial charge in [-0.15, -0.1) is 0 Å². The Kier molecular flexibility index (Phi) is 2.84. The van der Waals surface area contributed by atoms with E-state index < -0.39 is 29.7 Å². The second-order valence-corrected chi connectivity index (χ2v) is 2.86. The Bertz CT molecular complexity index is 426. The van der Waals surface area contributed by atoms with Crippen LogP contribution in [0.5, 0.6) is 0 Å². The van der Waals surface area contributed by atoms with Crippen LogP contribution in [0, 0.1) is 18.3 Å². The molecule has 0 spiro atoms. The molecule has 0 aliphatic rings. The van der Waals surface area contributed by atoms with E-state index in [1.54, 1.807) is 0 Å². The Morgan fingerprint density at radius 3 is 2.67 bits per heavy atom. The first-order chi connectivity index (χ1) is 6.86. The van der Waals surface area contributed by atoms with Crippen molar-refractivity contribution in [2.45, 2.75) is 19.5 Å². The zero-order valence-corrected chi connectivity index (χ0v) is 7.68. The molecule has 0 saturated carbocycles. The number of furan rings is 1. The first kappa shape index (κ1) is 11.3. The van der Waals surface area contributed by atoms with E-state index in [4.69, 9.17) is 5.26 Å². The predicted octanol–water partition coefficient (Wildman–Crippen LogP) is 2.70. The van der Waals surface area contributed by atoms with Crippen molar-refractivity contribution in [1.29, 1.82) is 5.26 Å². The number of ketones is 1. The molecule has 1 heterocycles. The van der Waals surface area contributed by atoms with E-state index in [0.29, 0.717) is 0 Å². The third kappa shape index (κ3) is 2.37. The molecule has 0 aliphatic carbocycles. The molecular weight excluding hydrogens is 211 g/mol. The second kappa shape index (κ2) is 3.77. The Balaban J connectivity index is 3.19. The Morgan fingerprint density at radius 1 is 1.60 bits per heavy atom. The Labute approximate surface area is 83.1 Å². The number of rotatable bonds is 2. The van der Waals surface area contributed by atoms with Crippen molar-refractivity contribution in [3.8, 4) is 6.07 Å². The number of alkyl halides is 3. The molecule has 0 atom stereocenters. The smallest absolute Gasteiger partial charge is 0.450 e. The largest absolute Gasteiger partial charge is 0.456 e. The predicted molar refractivity (Wildman–Crippen MR) is 43.0 cm³/mol. The van der Waals surface area contributed by atoms with Crippen molar-refractivity contribution in [3.63, 3.8) is 0 Å². The highest BCUT2D eigenvalue weighted by Gasteiger charge is 2.39. The molecule has 0 bridgehead atoms. The van der Waals surface area contributed by atoms with Crippen LogP contribution >= 0.6 is 0 Å². The van der Waals surface area contributed by atoms with Gasteiger partial charge in [0.1, 0.15) is 5.76 Å². The molecule has 3 nitrogen and oxygen atoms in total. The molecule has 0 saturated heterocycles. The quantitative estimate of drug-likeness (QED) is 0.715. The molecular formula is C9H6F3NO2. The molecule has 1 aromatic rings. The molecule has 0 radical (unpaired) electrons. The molecule has 1 aromatic heterocycles. The summed E-state index contributed by atoms with van der Waals surface area (Å²) in [4.78, 5) is 11.1. The molecule has 80 valence electrons. The lowest BCUT2D eigenvalue weighted by molar-refractivity contribution is -0.153. The van der Waals surface area contributed by atoms with E-state index >= 15 is 0 Å². The number of nitrogens with zero attached hydrogens (tertiary/aromatic N) is 1. The minimum atomic E-state index is -4.71. The fourth-order valence-corrected chi connectivity index (χ4v) is 1.10. The van der Waals surface area contributed by atoms with E-state index in [-0.39, 0.29) is 5.76 Å². The highest BCUT2D eigenvalue weighted by molar-refractivity contribution is 5.98. The first-order valence-corrected chi connectivity index (χ1v) is 3.94. The lowest BCUT2D eigenvalue weighted by atomic mass is 10.1. The summed E-state index contributed by atoms with van der Waals surface area (Å²) < 4.78 is 41.4. The van der Waals surface area contributed by atoms with Gasteiger partial charge in [0.15, 0.2) is 5.78 Å². The van der Waals surface area contributed by atoms with E-state index in [0.717, 1.165) is 6.07 Å². The van der Waals surface area contributed by atoms with Gasteiger partial charge in [-0.1, -0.05) is 0 Å². The maximum Gasteiger partial charge on any atom is 0.450 e. The fourth-order valence-electron chi connectivity index (χ4n) is 1.10. The summed E-state index contributed by atoms with van der Waals surface area (Å²) in [6.45, 7) is 1.30. The van der Waals surface area contributed by atoms with Crippen LogP contribution in [0.4, 0.5) is 13.2 Å². The number of nitriles is 1. The number of halogens is 3. The van der Waals surface area contributed by atoms with Gasteiger partial charge in [-0.2, -0.15) is 18.4 Å². The number of aryl methyl sites for hydroxylation is 1. The summed E-state index contributed by atoms with van der Waals surface area (Å²) in [6.07, 6.45) is -5.31. The maximum absolute atomic E-state index is 12.3. The number of hydrogen-bond acceptors (Lipinski definition) is 3. The SMILES string of the molecule is Cc1cc(C(=O)CC#N)c(C(F)(F)F)o1. The van der Waals surface area contributed by atoms with Crippen LogP contribution in [-0.4, -0.2) is 5.78 Å². The minimum Gasteiger partial charge on any atom is -0.456 e. The van der Waals surface area contributed by atoms with Gasteiger partial charge in [0.25, 0.3) is 0 Å². The molecule has 0 N–H and O–H groups in total. The van der Waals surface area contributed by atoms with Gasteiger partial charge in [-0.3, -0.25) is 4.79 Å². The van der Waals surface area contributed by atoms with Crippen LogP contribution in [0.15, 0.2) is 10.5 Å². The van der Waals surface area contributed by atoms with Gasteiger partial charge >= 0.3 is 6.18 Å². The van der Waals surface area contributed by atoms with Crippen LogP contribution in [0.3, 0.4) is 0 Å². The Hall–Kier alpha value is -1.77. The van der Waals surface area contributed by atoms with E-state index in [1.165, 1.54) is 13.0 Å². The van der Waals surface area contributed by atoms with Crippen LogP contribution in [-0.2, 0) is 6.18 Å². The summed E-state index contributed by atoms with van der Waals surface area (Å²) in [6, 6.07) is 2.48. The summed E-state index contributed by atoms with van der Waals surface area (Å²) in [5, 5.41) is 8.22. The van der Waals surface area contributed by atoms with Crippen molar-refractivity contribution >= 4 is 5.78 Å². The summed E-state index contributed by atoms with van der Waals surface area (Å²) in [7, 11) is 0. The average Bonchev–Trinajstić information content (AvgIpc) is 2.47. The van der Waals surface area contributed by atoms with Crippen molar-refractivity contribution in [3.05, 3.63) is 23.2 Å². The van der Waals surface area contributed by atoms with Gasteiger partial charge in [-0.25, -0.2) is 0 Å². The van der Waals surface area contributed by atoms with Gasteiger partial charge in [-0.05, 0) is 13.0 Å². The lowest BCUT2D eigenvalue weighted by Gasteiger charge is -2.03. The maximum atomic E-state index is 12.3. The second-order valence-electron chi connectivity index (χ2n) is 2.86. The molecule has 0 amide bonds. The number of Topliss-reactive ketones (excluding diaryl/α,β-unsaturated/α-hetero) is 1. The molecule has 0 aliphatic heterocycles. The number of hydrogen-bond donors (Lipinski definition) is 0. The molecule has 0 unspecified atom stereocenters. The molecule has 1 rings (SSSR count). The standard InChI is InChI=1S/C9H6F3NO2/c1-5-4-6(7(14)2-3-13)8(15-5)9(10,11)12/h4H,2H2,1H3. The van der Waals surface area contributed by atoms with Crippen molar-refractivity contribution in [2.24, 2.45) is 0 Å². The van der Waals surface area contributed by atoms with Gasteiger partial charge in [0, 0.05) is 0 Å². The van der Waals surface area contributed by atoms with E-state index in [1.807, 2.05) is 0 Å². The summed E-state index contributed by atoms with van der Waals surface area (Å²) in [5.41, 5.74) is -0.582. The van der Waals surface area contributed by atoms with Crippen molar-refractivity contribution in [1.82, 2.24) is 0 Å². The highest BCUT2D eigenvalue weighted by atomic mass is 19.4. The normalized spacial score (nSPS) is 11.1. The van der Waals surface area contributed by atoms with E-state index in [2.05, 4.69) is 4.42 Å². The third-order valence-electron chi connectivity index (χ3n) is 1.65. The number of carbonyl (C=O) groups excluding carboxylic acids is 1. The summed E-state index contributed by atoms with van der Waals surface area (Å²) in [5.74, 6) is -2.23. The van der Waals surface area contributed by atoms with Crippen LogP contribution in [0.25, 0.3) is 0 Å². The van der Waals surface area contributed by atoms with Gasteiger partial charge in [0.05, 0.1) is 18.1 Å². The third-order valence-corrected chi connectivity index (χ3v) is 1.65. The highest BCUT2D eigenvalue weighted by Crippen LogP contribution is 2.34. The molecule has 0 aromatic carbocycles.